The Kier molecular flexibility index (Phi) is 7.40. The topological polar surface area (TPSA) is 85.3 Å². The summed E-state index contributed by atoms with van der Waals surface area (Å²) in [5.74, 6) is 0.111. The van der Waals surface area contributed by atoms with Gasteiger partial charge in [0, 0.05) is 18.5 Å². The van der Waals surface area contributed by atoms with E-state index in [4.69, 9.17) is 14.2 Å². The number of fused-ring (bicyclic) bond motifs is 1. The number of carbonyl (C=O) groups is 2. The third kappa shape index (κ3) is 5.21. The zero-order valence-corrected chi connectivity index (χ0v) is 23.4. The number of nitrogens with zero attached hydrogens (tertiary/aromatic N) is 1. The lowest BCUT2D eigenvalue weighted by atomic mass is 9.94. The van der Waals surface area contributed by atoms with Gasteiger partial charge in [-0.2, -0.15) is 0 Å². The van der Waals surface area contributed by atoms with Crippen molar-refractivity contribution in [1.29, 1.82) is 0 Å². The highest BCUT2D eigenvalue weighted by Crippen LogP contribution is 2.43. The van der Waals surface area contributed by atoms with Crippen molar-refractivity contribution < 1.29 is 28.9 Å². The van der Waals surface area contributed by atoms with E-state index in [-0.39, 0.29) is 24.0 Å². The molecule has 0 bridgehead atoms. The maximum atomic E-state index is 13.6. The number of likely N-dealkylation sites (tertiary alicyclic amines) is 1. The predicted molar refractivity (Wildman–Crippen MR) is 158 cm³/mol. The van der Waals surface area contributed by atoms with E-state index in [2.05, 4.69) is 0 Å². The van der Waals surface area contributed by atoms with Crippen molar-refractivity contribution >= 4 is 17.4 Å². The number of ether oxygens (including phenoxy) is 3. The summed E-state index contributed by atoms with van der Waals surface area (Å²) < 4.78 is 17.5. The van der Waals surface area contributed by atoms with Crippen LogP contribution >= 0.6 is 0 Å². The van der Waals surface area contributed by atoms with E-state index in [0.29, 0.717) is 35.7 Å². The quantitative estimate of drug-likeness (QED) is 0.156. The average molecular weight is 562 g/mol. The molecule has 4 aromatic carbocycles. The number of carbonyl (C=O) groups excluding carboxylic acids is 2. The van der Waals surface area contributed by atoms with E-state index in [0.717, 1.165) is 22.4 Å². The number of ketones is 1. The zero-order chi connectivity index (χ0) is 29.2. The van der Waals surface area contributed by atoms with Gasteiger partial charge in [-0.3, -0.25) is 9.59 Å². The molecule has 7 nitrogen and oxygen atoms in total. The molecule has 0 radical (unpaired) electrons. The number of Topliss-reactive ketones (excluding diaryl/α,β-unsaturated/α-hetero) is 1. The van der Waals surface area contributed by atoms with Gasteiger partial charge in [-0.25, -0.2) is 0 Å². The molecule has 1 saturated heterocycles. The monoisotopic (exact) mass is 561 g/mol. The number of benzene rings is 4. The van der Waals surface area contributed by atoms with Crippen molar-refractivity contribution in [2.45, 2.75) is 38.6 Å². The standard InChI is InChI=1S/C35H31NO6/c1-22-17-27-18-26(14-15-28(27)42-22)33(37)31-32(36(35(39)34(31)38)20-23-9-5-3-6-10-23)25-13-16-29(30(19-25)40-2)41-21-24-11-7-4-8-12-24/h3-16,18-19,22,32,37H,17,20-21H2,1-2H3/b33-31+/t22-,32-/m1/s1. The lowest BCUT2D eigenvalue weighted by Crippen LogP contribution is -2.29. The number of hydrogen-bond donors (Lipinski definition) is 1. The number of amides is 1. The van der Waals surface area contributed by atoms with Crippen LogP contribution in [0.1, 0.15) is 40.8 Å². The summed E-state index contributed by atoms with van der Waals surface area (Å²) in [6, 6.07) is 29.1. The first-order valence-corrected chi connectivity index (χ1v) is 13.9. The summed E-state index contributed by atoms with van der Waals surface area (Å²) in [6.07, 6.45) is 0.730. The molecule has 7 heteroatoms. The Hall–Kier alpha value is -5.04. The van der Waals surface area contributed by atoms with E-state index >= 15 is 0 Å². The van der Waals surface area contributed by atoms with Crippen LogP contribution in [-0.2, 0) is 29.2 Å². The summed E-state index contributed by atoms with van der Waals surface area (Å²) in [5, 5.41) is 11.6. The molecule has 0 spiro atoms. The Morgan fingerprint density at radius 2 is 1.62 bits per heavy atom. The Morgan fingerprint density at radius 3 is 2.33 bits per heavy atom. The fourth-order valence-electron chi connectivity index (χ4n) is 5.60. The summed E-state index contributed by atoms with van der Waals surface area (Å²) in [6.45, 7) is 2.52. The van der Waals surface area contributed by atoms with Crippen LogP contribution < -0.4 is 14.2 Å². The number of aliphatic hydroxyl groups is 1. The number of rotatable bonds is 8. The lowest BCUT2D eigenvalue weighted by molar-refractivity contribution is -0.140. The molecule has 212 valence electrons. The summed E-state index contributed by atoms with van der Waals surface area (Å²) >= 11 is 0. The summed E-state index contributed by atoms with van der Waals surface area (Å²) in [7, 11) is 1.54. The molecule has 0 unspecified atom stereocenters. The molecule has 2 heterocycles. The van der Waals surface area contributed by atoms with Crippen LogP contribution in [0.25, 0.3) is 5.76 Å². The van der Waals surface area contributed by atoms with Crippen molar-refractivity contribution in [1.82, 2.24) is 4.90 Å². The summed E-state index contributed by atoms with van der Waals surface area (Å²) in [4.78, 5) is 28.6. The van der Waals surface area contributed by atoms with Gasteiger partial charge in [0.15, 0.2) is 11.5 Å². The normalized spacial score (nSPS) is 19.0. The number of hydrogen-bond acceptors (Lipinski definition) is 6. The molecule has 2 aliphatic heterocycles. The molecule has 42 heavy (non-hydrogen) atoms. The highest BCUT2D eigenvalue weighted by atomic mass is 16.5. The first-order valence-electron chi connectivity index (χ1n) is 13.9. The maximum Gasteiger partial charge on any atom is 0.295 e. The molecule has 1 amide bonds. The van der Waals surface area contributed by atoms with E-state index < -0.39 is 17.7 Å². The summed E-state index contributed by atoms with van der Waals surface area (Å²) in [5.41, 5.74) is 3.93. The van der Waals surface area contributed by atoms with Crippen molar-refractivity contribution in [2.75, 3.05) is 7.11 Å². The Balaban J connectivity index is 1.41. The van der Waals surface area contributed by atoms with E-state index in [1.54, 1.807) is 31.4 Å². The predicted octanol–water partition coefficient (Wildman–Crippen LogP) is 6.22. The van der Waals surface area contributed by atoms with Gasteiger partial charge in [0.2, 0.25) is 0 Å². The second kappa shape index (κ2) is 11.4. The van der Waals surface area contributed by atoms with Gasteiger partial charge in [-0.1, -0.05) is 66.7 Å². The van der Waals surface area contributed by atoms with Gasteiger partial charge >= 0.3 is 0 Å². The first kappa shape index (κ1) is 27.1. The minimum atomic E-state index is -0.842. The molecule has 2 aliphatic rings. The fourth-order valence-corrected chi connectivity index (χ4v) is 5.60. The number of methoxy groups -OCH3 is 1. The Bertz CT molecular complexity index is 1660. The van der Waals surface area contributed by atoms with Crippen molar-refractivity contribution in [3.05, 3.63) is 130 Å². The second-order valence-corrected chi connectivity index (χ2v) is 10.6. The Morgan fingerprint density at radius 1 is 0.905 bits per heavy atom. The van der Waals surface area contributed by atoms with Gasteiger partial charge in [0.1, 0.15) is 24.2 Å². The van der Waals surface area contributed by atoms with Gasteiger partial charge < -0.3 is 24.2 Å². The Labute approximate surface area is 244 Å². The molecule has 1 N–H and O–H groups in total. The second-order valence-electron chi connectivity index (χ2n) is 10.6. The van der Waals surface area contributed by atoms with Crippen LogP contribution in [0.15, 0.2) is 103 Å². The number of aliphatic hydroxyl groups excluding tert-OH is 1. The highest BCUT2D eigenvalue weighted by molar-refractivity contribution is 6.46. The van der Waals surface area contributed by atoms with Gasteiger partial charge in [0.05, 0.1) is 18.7 Å². The van der Waals surface area contributed by atoms with Crippen molar-refractivity contribution in [3.8, 4) is 17.2 Å². The lowest BCUT2D eigenvalue weighted by Gasteiger charge is -2.26. The molecule has 0 aromatic heterocycles. The fraction of sp³-hybridized carbons (Fsp3) is 0.200. The van der Waals surface area contributed by atoms with Crippen molar-refractivity contribution in [2.24, 2.45) is 0 Å². The van der Waals surface area contributed by atoms with Gasteiger partial charge in [-0.15, -0.1) is 0 Å². The van der Waals surface area contributed by atoms with Gasteiger partial charge in [0.25, 0.3) is 11.7 Å². The molecule has 0 aliphatic carbocycles. The van der Waals surface area contributed by atoms with Crippen molar-refractivity contribution in [3.63, 3.8) is 0 Å². The highest BCUT2D eigenvalue weighted by Gasteiger charge is 2.46. The molecular formula is C35H31NO6. The first-order chi connectivity index (χ1) is 20.4. The van der Waals surface area contributed by atoms with E-state index in [1.165, 1.54) is 4.90 Å². The average Bonchev–Trinajstić information content (AvgIpc) is 3.51. The molecule has 2 atom stereocenters. The molecule has 4 aromatic rings. The van der Waals surface area contributed by atoms with Crippen LogP contribution in [0, 0.1) is 0 Å². The largest absolute Gasteiger partial charge is 0.507 e. The smallest absolute Gasteiger partial charge is 0.295 e. The maximum absolute atomic E-state index is 13.6. The van der Waals surface area contributed by atoms with Crippen LogP contribution in [0.3, 0.4) is 0 Å². The SMILES string of the molecule is COc1cc([C@@H]2/C(=C(\O)c3ccc4c(c3)C[C@@H](C)O4)C(=O)C(=O)N2Cc2ccccc2)ccc1OCc1ccccc1. The molecule has 6 rings (SSSR count). The van der Waals surface area contributed by atoms with E-state index in [9.17, 15) is 14.7 Å². The minimum absolute atomic E-state index is 0.0304. The third-order valence-electron chi connectivity index (χ3n) is 7.65. The third-order valence-corrected chi connectivity index (χ3v) is 7.65. The van der Waals surface area contributed by atoms with Crippen LogP contribution in [0.4, 0.5) is 0 Å². The van der Waals surface area contributed by atoms with Crippen LogP contribution in [0.5, 0.6) is 17.2 Å². The minimum Gasteiger partial charge on any atom is -0.507 e. The molecule has 1 fully saturated rings. The van der Waals surface area contributed by atoms with Crippen LogP contribution in [-0.4, -0.2) is 34.9 Å². The molecular weight excluding hydrogens is 530 g/mol. The van der Waals surface area contributed by atoms with Gasteiger partial charge in [-0.05, 0) is 59.5 Å². The van der Waals surface area contributed by atoms with E-state index in [1.807, 2.05) is 79.7 Å². The van der Waals surface area contributed by atoms with Crippen LogP contribution in [0.2, 0.25) is 0 Å². The molecule has 0 saturated carbocycles. The zero-order valence-electron chi connectivity index (χ0n) is 23.4.